The molecule has 0 atom stereocenters. The van der Waals surface area contributed by atoms with Gasteiger partial charge in [-0.1, -0.05) is 24.3 Å². The predicted octanol–water partition coefficient (Wildman–Crippen LogP) is 3.02. The smallest absolute Gasteiger partial charge is 0.245 e. The molecule has 2 saturated heterocycles. The maximum Gasteiger partial charge on any atom is 0.245 e. The van der Waals surface area contributed by atoms with Crippen LogP contribution in [0.4, 0.5) is 4.39 Å². The summed E-state index contributed by atoms with van der Waals surface area (Å²) in [5.74, 6) is -0.122. The molecule has 9 heteroatoms. The van der Waals surface area contributed by atoms with E-state index in [0.29, 0.717) is 12.8 Å². The van der Waals surface area contributed by atoms with Crippen LogP contribution in [0.25, 0.3) is 0 Å². The van der Waals surface area contributed by atoms with Crippen molar-refractivity contribution in [3.05, 3.63) is 59.9 Å². The van der Waals surface area contributed by atoms with Gasteiger partial charge in [0.1, 0.15) is 16.5 Å². The largest absolute Gasteiger partial charge is 0.497 e. The van der Waals surface area contributed by atoms with E-state index in [1.54, 1.807) is 7.11 Å². The van der Waals surface area contributed by atoms with Crippen molar-refractivity contribution in [1.29, 1.82) is 0 Å². The lowest BCUT2D eigenvalue weighted by Gasteiger charge is -2.34. The molecule has 0 bridgehead atoms. The van der Waals surface area contributed by atoms with Crippen molar-refractivity contribution >= 4 is 15.9 Å². The Labute approximate surface area is 200 Å². The van der Waals surface area contributed by atoms with Gasteiger partial charge in [0.2, 0.25) is 15.9 Å². The van der Waals surface area contributed by atoms with Gasteiger partial charge in [0, 0.05) is 44.7 Å². The highest BCUT2D eigenvalue weighted by atomic mass is 32.2. The highest BCUT2D eigenvalue weighted by molar-refractivity contribution is 7.89. The molecule has 0 aliphatic carbocycles. The predicted molar refractivity (Wildman–Crippen MR) is 127 cm³/mol. The van der Waals surface area contributed by atoms with Gasteiger partial charge >= 0.3 is 0 Å². The first kappa shape index (κ1) is 24.6. The van der Waals surface area contributed by atoms with Crippen LogP contribution in [0.1, 0.15) is 31.2 Å². The summed E-state index contributed by atoms with van der Waals surface area (Å²) in [5.41, 5.74) is 1.21. The molecule has 34 heavy (non-hydrogen) atoms. The number of carbonyl (C=O) groups is 1. The molecule has 4 rings (SSSR count). The molecule has 1 amide bonds. The molecule has 2 aromatic rings. The number of hydrogen-bond donors (Lipinski definition) is 1. The fourth-order valence-corrected chi connectivity index (χ4v) is 6.27. The first-order valence-electron chi connectivity index (χ1n) is 11.8. The Morgan fingerprint density at radius 1 is 1.03 bits per heavy atom. The van der Waals surface area contributed by atoms with Gasteiger partial charge in [-0.25, -0.2) is 12.8 Å². The minimum Gasteiger partial charge on any atom is -0.497 e. The Morgan fingerprint density at radius 3 is 2.41 bits per heavy atom. The third-order valence-corrected chi connectivity index (χ3v) is 8.69. The quantitative estimate of drug-likeness (QED) is 0.647. The zero-order valence-electron chi connectivity index (χ0n) is 19.5. The molecule has 1 N–H and O–H groups in total. The average molecular weight is 490 g/mol. The second-order valence-electron chi connectivity index (χ2n) is 9.02. The first-order chi connectivity index (χ1) is 16.4. The SMILES string of the molecule is COc1cccc(CN2CCC(NC(=O)C3CCN(S(=O)(=O)c4ccccc4F)CC3)CC2)c1. The van der Waals surface area contributed by atoms with E-state index < -0.39 is 15.8 Å². The van der Waals surface area contributed by atoms with E-state index in [9.17, 15) is 17.6 Å². The molecule has 0 spiro atoms. The Balaban J connectivity index is 1.23. The summed E-state index contributed by atoms with van der Waals surface area (Å²) < 4.78 is 46.1. The van der Waals surface area contributed by atoms with Crippen molar-refractivity contribution in [2.24, 2.45) is 5.92 Å². The number of benzene rings is 2. The molecule has 2 fully saturated rings. The lowest BCUT2D eigenvalue weighted by Crippen LogP contribution is -2.48. The van der Waals surface area contributed by atoms with Crippen molar-refractivity contribution in [3.63, 3.8) is 0 Å². The number of amides is 1. The minimum atomic E-state index is -3.89. The fraction of sp³-hybridized carbons (Fsp3) is 0.480. The van der Waals surface area contributed by atoms with Crippen LogP contribution in [0.5, 0.6) is 5.75 Å². The van der Waals surface area contributed by atoms with Crippen molar-refractivity contribution in [2.75, 3.05) is 33.3 Å². The summed E-state index contributed by atoms with van der Waals surface area (Å²) >= 11 is 0. The van der Waals surface area contributed by atoms with E-state index in [1.165, 1.54) is 28.1 Å². The molecule has 0 saturated carbocycles. The van der Waals surface area contributed by atoms with Gasteiger partial charge in [0.15, 0.2) is 0 Å². The van der Waals surface area contributed by atoms with Gasteiger partial charge in [-0.3, -0.25) is 9.69 Å². The number of sulfonamides is 1. The first-order valence-corrected chi connectivity index (χ1v) is 13.2. The van der Waals surface area contributed by atoms with Crippen LogP contribution in [0.2, 0.25) is 0 Å². The number of nitrogens with zero attached hydrogens (tertiary/aromatic N) is 2. The van der Waals surface area contributed by atoms with Crippen molar-refractivity contribution < 1.29 is 22.3 Å². The van der Waals surface area contributed by atoms with Crippen LogP contribution >= 0.6 is 0 Å². The standard InChI is InChI=1S/C25H32FN3O4S/c1-33-22-6-4-5-19(17-22)18-28-13-11-21(12-14-28)27-25(30)20-9-15-29(16-10-20)34(31,32)24-8-3-2-7-23(24)26/h2-8,17,20-21H,9-16,18H2,1H3,(H,27,30). The fourth-order valence-electron chi connectivity index (χ4n) is 4.73. The van der Waals surface area contributed by atoms with Crippen LogP contribution in [0.15, 0.2) is 53.4 Å². The summed E-state index contributed by atoms with van der Waals surface area (Å²) in [4.78, 5) is 14.9. The van der Waals surface area contributed by atoms with Crippen LogP contribution in [-0.2, 0) is 21.4 Å². The highest BCUT2D eigenvalue weighted by Gasteiger charge is 2.34. The van der Waals surface area contributed by atoms with Crippen LogP contribution in [0, 0.1) is 11.7 Å². The maximum atomic E-state index is 14.0. The summed E-state index contributed by atoms with van der Waals surface area (Å²) in [6, 6.07) is 13.6. The van der Waals surface area contributed by atoms with Crippen molar-refractivity contribution in [3.8, 4) is 5.75 Å². The van der Waals surface area contributed by atoms with E-state index in [4.69, 9.17) is 4.74 Å². The van der Waals surface area contributed by atoms with Gasteiger partial charge < -0.3 is 10.1 Å². The molecule has 7 nitrogen and oxygen atoms in total. The monoisotopic (exact) mass is 489 g/mol. The van der Waals surface area contributed by atoms with Gasteiger partial charge in [0.25, 0.3) is 0 Å². The van der Waals surface area contributed by atoms with Gasteiger partial charge in [-0.2, -0.15) is 4.31 Å². The number of carbonyl (C=O) groups excluding carboxylic acids is 1. The van der Waals surface area contributed by atoms with Crippen molar-refractivity contribution in [1.82, 2.24) is 14.5 Å². The molecule has 2 aliphatic rings. The summed E-state index contributed by atoms with van der Waals surface area (Å²) in [5, 5.41) is 3.17. The number of ether oxygens (including phenoxy) is 1. The number of likely N-dealkylation sites (tertiary alicyclic amines) is 1. The average Bonchev–Trinajstić information content (AvgIpc) is 2.85. The molecule has 184 valence electrons. The normalized spacial score (nSPS) is 19.1. The summed E-state index contributed by atoms with van der Waals surface area (Å²) in [6.07, 6.45) is 2.65. The number of piperidine rings is 2. The maximum absolute atomic E-state index is 14.0. The van der Waals surface area contributed by atoms with E-state index in [1.807, 2.05) is 18.2 Å². The van der Waals surface area contributed by atoms with E-state index >= 15 is 0 Å². The Morgan fingerprint density at radius 2 is 1.74 bits per heavy atom. The van der Waals surface area contributed by atoms with E-state index in [2.05, 4.69) is 16.3 Å². The second kappa shape index (κ2) is 10.8. The van der Waals surface area contributed by atoms with Crippen LogP contribution in [0.3, 0.4) is 0 Å². The molecule has 0 radical (unpaired) electrons. The Hall–Kier alpha value is -2.49. The third kappa shape index (κ3) is 5.76. The zero-order chi connectivity index (χ0) is 24.1. The van der Waals surface area contributed by atoms with E-state index in [0.717, 1.165) is 44.3 Å². The van der Waals surface area contributed by atoms with Crippen molar-refractivity contribution in [2.45, 2.75) is 43.2 Å². The highest BCUT2D eigenvalue weighted by Crippen LogP contribution is 2.26. The summed E-state index contributed by atoms with van der Waals surface area (Å²) in [6.45, 7) is 3.09. The number of methoxy groups -OCH3 is 1. The Bertz CT molecular complexity index is 1090. The Kier molecular flexibility index (Phi) is 7.85. The third-order valence-electron chi connectivity index (χ3n) is 6.75. The lowest BCUT2D eigenvalue weighted by atomic mass is 9.95. The summed E-state index contributed by atoms with van der Waals surface area (Å²) in [7, 11) is -2.23. The van der Waals surface area contributed by atoms with Gasteiger partial charge in [0.05, 0.1) is 7.11 Å². The molecule has 2 heterocycles. The molecule has 2 aromatic carbocycles. The lowest BCUT2D eigenvalue weighted by molar-refractivity contribution is -0.127. The number of nitrogens with one attached hydrogen (secondary N) is 1. The zero-order valence-corrected chi connectivity index (χ0v) is 20.3. The minimum absolute atomic E-state index is 0.00538. The number of hydrogen-bond acceptors (Lipinski definition) is 5. The second-order valence-corrected chi connectivity index (χ2v) is 10.9. The van der Waals surface area contributed by atoms with Gasteiger partial charge in [-0.05, 0) is 55.5 Å². The van der Waals surface area contributed by atoms with Crippen LogP contribution < -0.4 is 10.1 Å². The molecule has 0 aromatic heterocycles. The molecule has 2 aliphatic heterocycles. The molecular formula is C25H32FN3O4S. The number of halogens is 1. The van der Waals surface area contributed by atoms with Gasteiger partial charge in [-0.15, -0.1) is 0 Å². The molecular weight excluding hydrogens is 457 g/mol. The molecule has 0 unspecified atom stereocenters. The topological polar surface area (TPSA) is 79.0 Å². The van der Waals surface area contributed by atoms with E-state index in [-0.39, 0.29) is 35.9 Å². The number of rotatable bonds is 7. The van der Waals surface area contributed by atoms with Crippen LogP contribution in [-0.4, -0.2) is 62.9 Å².